The molecule has 1 rings (SSSR count). The van der Waals surface area contributed by atoms with Crippen LogP contribution in [0.5, 0.6) is 0 Å². The zero-order valence-electron chi connectivity index (χ0n) is 17.2. The van der Waals surface area contributed by atoms with Crippen molar-refractivity contribution < 1.29 is 24.8 Å². The topological polar surface area (TPSA) is 79.2 Å². The Kier molecular flexibility index (Phi) is 15.0. The van der Waals surface area contributed by atoms with E-state index in [1.165, 1.54) is 64.2 Å². The number of aliphatic hydroxyl groups is 3. The van der Waals surface area contributed by atoms with Gasteiger partial charge in [0.15, 0.2) is 0 Å². The first kappa shape index (κ1) is 24.6. The number of hydrogen-bond donors (Lipinski definition) is 3. The summed E-state index contributed by atoms with van der Waals surface area (Å²) < 4.78 is 11.0. The molecule has 4 atom stereocenters. The van der Waals surface area contributed by atoms with Crippen LogP contribution in [0.4, 0.5) is 0 Å². The van der Waals surface area contributed by atoms with Crippen molar-refractivity contribution in [3.8, 4) is 0 Å². The summed E-state index contributed by atoms with van der Waals surface area (Å²) >= 11 is 0. The zero-order chi connectivity index (χ0) is 19.7. The minimum Gasteiger partial charge on any atom is -0.394 e. The number of hydrogen-bond acceptors (Lipinski definition) is 5. The van der Waals surface area contributed by atoms with Gasteiger partial charge in [-0.05, 0) is 25.7 Å². The highest BCUT2D eigenvalue weighted by Crippen LogP contribution is 2.20. The van der Waals surface area contributed by atoms with Gasteiger partial charge < -0.3 is 24.8 Å². The van der Waals surface area contributed by atoms with Crippen molar-refractivity contribution in [3.05, 3.63) is 12.2 Å². The van der Waals surface area contributed by atoms with E-state index >= 15 is 0 Å². The van der Waals surface area contributed by atoms with E-state index in [1.807, 2.05) is 0 Å². The van der Waals surface area contributed by atoms with Crippen LogP contribution in [0.25, 0.3) is 0 Å². The fourth-order valence-corrected chi connectivity index (χ4v) is 3.44. The van der Waals surface area contributed by atoms with E-state index in [9.17, 15) is 10.2 Å². The monoisotopic (exact) mass is 386 g/mol. The lowest BCUT2D eigenvalue weighted by molar-refractivity contribution is -0.0730. The van der Waals surface area contributed by atoms with Gasteiger partial charge in [0, 0.05) is 6.61 Å². The highest BCUT2D eigenvalue weighted by Gasteiger charge is 2.40. The molecule has 5 nitrogen and oxygen atoms in total. The summed E-state index contributed by atoms with van der Waals surface area (Å²) in [5, 5.41) is 28.5. The number of unbranched alkanes of at least 4 members (excludes halogenated alkanes) is 10. The van der Waals surface area contributed by atoms with Crippen molar-refractivity contribution in [2.45, 2.75) is 108 Å². The molecular weight excluding hydrogens is 344 g/mol. The second-order valence-corrected chi connectivity index (χ2v) is 7.68. The van der Waals surface area contributed by atoms with Gasteiger partial charge in [-0.2, -0.15) is 0 Å². The molecule has 1 aliphatic rings. The first-order chi connectivity index (χ1) is 13.2. The molecule has 0 aromatic heterocycles. The van der Waals surface area contributed by atoms with Gasteiger partial charge in [-0.25, -0.2) is 0 Å². The van der Waals surface area contributed by atoms with Crippen LogP contribution in [0.15, 0.2) is 12.2 Å². The second kappa shape index (κ2) is 16.5. The molecule has 1 aliphatic heterocycles. The number of ether oxygens (including phenoxy) is 2. The maximum Gasteiger partial charge on any atom is 0.114 e. The van der Waals surface area contributed by atoms with Gasteiger partial charge >= 0.3 is 0 Å². The highest BCUT2D eigenvalue weighted by molar-refractivity contribution is 4.88. The molecule has 0 aliphatic carbocycles. The van der Waals surface area contributed by atoms with Crippen molar-refractivity contribution in [1.82, 2.24) is 0 Å². The minimum atomic E-state index is -1.05. The van der Waals surface area contributed by atoms with Crippen LogP contribution >= 0.6 is 0 Å². The van der Waals surface area contributed by atoms with Crippen LogP contribution in [-0.4, -0.2) is 59.6 Å². The maximum atomic E-state index is 10.0. The molecule has 5 heteroatoms. The molecule has 1 saturated heterocycles. The summed E-state index contributed by atoms with van der Waals surface area (Å²) in [5.74, 6) is 0. The third-order valence-corrected chi connectivity index (χ3v) is 5.21. The van der Waals surface area contributed by atoms with Gasteiger partial charge in [0.1, 0.15) is 24.4 Å². The van der Waals surface area contributed by atoms with Gasteiger partial charge in [0.2, 0.25) is 0 Å². The lowest BCUT2D eigenvalue weighted by Crippen LogP contribution is -2.41. The predicted molar refractivity (Wildman–Crippen MR) is 109 cm³/mol. The van der Waals surface area contributed by atoms with Gasteiger partial charge in [-0.1, -0.05) is 70.4 Å². The Balaban J connectivity index is 1.84. The van der Waals surface area contributed by atoms with Crippen LogP contribution < -0.4 is 0 Å². The van der Waals surface area contributed by atoms with Crippen molar-refractivity contribution in [2.75, 3.05) is 19.8 Å². The fraction of sp³-hybridized carbons (Fsp3) is 0.909. The molecule has 0 unspecified atom stereocenters. The standard InChI is InChI=1S/C22H42O5/c1-2-3-4-5-6-7-8-9-10-11-12-13-14-15-16-26-20-18-27-22(21(20)25)19(24)17-23/h4-5,19-25H,2-3,6-18H2,1H3/b5-4+/t19-,20+,21-,22-/m0/s1. The lowest BCUT2D eigenvalue weighted by Gasteiger charge is -2.20. The minimum absolute atomic E-state index is 0.275. The molecule has 1 fully saturated rings. The van der Waals surface area contributed by atoms with Crippen LogP contribution in [0.1, 0.15) is 84.0 Å². The molecule has 0 radical (unpaired) electrons. The quantitative estimate of drug-likeness (QED) is 0.262. The summed E-state index contributed by atoms with van der Waals surface area (Å²) in [6, 6.07) is 0. The van der Waals surface area contributed by atoms with E-state index in [2.05, 4.69) is 19.1 Å². The molecule has 0 aromatic rings. The van der Waals surface area contributed by atoms with E-state index in [4.69, 9.17) is 14.6 Å². The van der Waals surface area contributed by atoms with Crippen molar-refractivity contribution >= 4 is 0 Å². The van der Waals surface area contributed by atoms with Crippen molar-refractivity contribution in [1.29, 1.82) is 0 Å². The third kappa shape index (κ3) is 11.2. The molecule has 27 heavy (non-hydrogen) atoms. The summed E-state index contributed by atoms with van der Waals surface area (Å²) in [6.07, 6.45) is 16.6. The Morgan fingerprint density at radius 3 is 2.19 bits per heavy atom. The van der Waals surface area contributed by atoms with Gasteiger partial charge in [0.05, 0.1) is 13.2 Å². The van der Waals surface area contributed by atoms with Crippen LogP contribution in [0.2, 0.25) is 0 Å². The number of rotatable bonds is 17. The Morgan fingerprint density at radius 2 is 1.56 bits per heavy atom. The molecule has 3 N–H and O–H groups in total. The van der Waals surface area contributed by atoms with Crippen LogP contribution in [0.3, 0.4) is 0 Å². The predicted octanol–water partition coefficient (Wildman–Crippen LogP) is 3.74. The lowest BCUT2D eigenvalue weighted by atomic mass is 10.1. The van der Waals surface area contributed by atoms with E-state index < -0.39 is 31.0 Å². The average molecular weight is 387 g/mol. The first-order valence-electron chi connectivity index (χ1n) is 11.1. The van der Waals surface area contributed by atoms with E-state index in [-0.39, 0.29) is 6.61 Å². The molecular formula is C22H42O5. The zero-order valence-corrected chi connectivity index (χ0v) is 17.2. The Hall–Kier alpha value is -0.460. The average Bonchev–Trinajstić information content (AvgIpc) is 3.04. The Labute approximate surface area is 165 Å². The van der Waals surface area contributed by atoms with Crippen molar-refractivity contribution in [3.63, 3.8) is 0 Å². The molecule has 0 spiro atoms. The van der Waals surface area contributed by atoms with Crippen molar-refractivity contribution in [2.24, 2.45) is 0 Å². The molecule has 1 heterocycles. The van der Waals surface area contributed by atoms with Crippen LogP contribution in [0, 0.1) is 0 Å². The summed E-state index contributed by atoms with van der Waals surface area (Å²) in [7, 11) is 0. The summed E-state index contributed by atoms with van der Waals surface area (Å²) in [5.41, 5.74) is 0. The normalized spacial score (nSPS) is 24.1. The molecule has 0 bridgehead atoms. The molecule has 0 saturated carbocycles. The third-order valence-electron chi connectivity index (χ3n) is 5.21. The van der Waals surface area contributed by atoms with Gasteiger partial charge in [-0.3, -0.25) is 0 Å². The smallest absolute Gasteiger partial charge is 0.114 e. The fourth-order valence-electron chi connectivity index (χ4n) is 3.44. The summed E-state index contributed by atoms with van der Waals surface area (Å²) in [6.45, 7) is 2.69. The molecule has 0 aromatic carbocycles. The van der Waals surface area contributed by atoms with Gasteiger partial charge in [0.25, 0.3) is 0 Å². The second-order valence-electron chi connectivity index (χ2n) is 7.68. The SMILES string of the molecule is CCC/C=C/CCCCCCCCCCCO[C@@H]1CO[C@@H]([C@@H](O)CO)[C@H]1O. The van der Waals surface area contributed by atoms with E-state index in [0.29, 0.717) is 6.61 Å². The number of allylic oxidation sites excluding steroid dienone is 2. The molecule has 160 valence electrons. The Morgan fingerprint density at radius 1 is 0.963 bits per heavy atom. The first-order valence-corrected chi connectivity index (χ1v) is 11.1. The van der Waals surface area contributed by atoms with E-state index in [0.717, 1.165) is 12.8 Å². The largest absolute Gasteiger partial charge is 0.394 e. The van der Waals surface area contributed by atoms with E-state index in [1.54, 1.807) is 0 Å². The van der Waals surface area contributed by atoms with Crippen LogP contribution in [-0.2, 0) is 9.47 Å². The maximum absolute atomic E-state index is 10.0. The Bertz CT molecular complexity index is 361. The summed E-state index contributed by atoms with van der Waals surface area (Å²) in [4.78, 5) is 0. The highest BCUT2D eigenvalue weighted by atomic mass is 16.6. The number of aliphatic hydroxyl groups excluding tert-OH is 3. The molecule has 0 amide bonds. The van der Waals surface area contributed by atoms with Gasteiger partial charge in [-0.15, -0.1) is 0 Å².